The number of amides is 1. The van der Waals surface area contributed by atoms with Gasteiger partial charge in [0.25, 0.3) is 5.91 Å². The molecule has 1 aromatic carbocycles. The van der Waals surface area contributed by atoms with Gasteiger partial charge in [-0.25, -0.2) is 9.97 Å². The van der Waals surface area contributed by atoms with E-state index in [1.165, 1.54) is 12.1 Å². The van der Waals surface area contributed by atoms with Gasteiger partial charge in [-0.1, -0.05) is 23.2 Å². The number of hydrogen-bond acceptors (Lipinski definition) is 4. The van der Waals surface area contributed by atoms with Gasteiger partial charge < -0.3 is 5.32 Å². The molecular formula is C14H9Cl2N3OS. The number of aromatic nitrogens is 2. The van der Waals surface area contributed by atoms with E-state index in [1.807, 2.05) is 25.1 Å². The van der Waals surface area contributed by atoms with E-state index in [4.69, 9.17) is 23.2 Å². The van der Waals surface area contributed by atoms with E-state index in [-0.39, 0.29) is 16.2 Å². The van der Waals surface area contributed by atoms with E-state index in [1.54, 1.807) is 11.3 Å². The number of aryl methyl sites for hydroxylation is 1. The summed E-state index contributed by atoms with van der Waals surface area (Å²) in [7, 11) is 0. The highest BCUT2D eigenvalue weighted by molar-refractivity contribution is 7.18. The first kappa shape index (κ1) is 14.3. The number of nitrogens with zero attached hydrogens (tertiary/aromatic N) is 2. The van der Waals surface area contributed by atoms with Crippen molar-refractivity contribution in [3.05, 3.63) is 51.2 Å². The maximum atomic E-state index is 12.2. The predicted molar refractivity (Wildman–Crippen MR) is 86.6 cm³/mol. The van der Waals surface area contributed by atoms with Gasteiger partial charge in [-0.15, -0.1) is 11.3 Å². The minimum atomic E-state index is -0.290. The molecule has 4 nitrogen and oxygen atoms in total. The van der Waals surface area contributed by atoms with Gasteiger partial charge in [0.05, 0.1) is 15.2 Å². The molecular weight excluding hydrogens is 329 g/mol. The number of nitrogens with one attached hydrogen (secondary N) is 1. The van der Waals surface area contributed by atoms with Crippen LogP contribution in [0.4, 0.5) is 5.69 Å². The Morgan fingerprint density at radius 1 is 1.14 bits per heavy atom. The van der Waals surface area contributed by atoms with Gasteiger partial charge >= 0.3 is 0 Å². The third kappa shape index (κ3) is 3.15. The molecule has 0 aliphatic rings. The number of carbonyl (C=O) groups excluding carboxylic acids is 1. The molecule has 0 fully saturated rings. The summed E-state index contributed by atoms with van der Waals surface area (Å²) in [5.74, 6) is -0.290. The Bertz CT molecular complexity index is 827. The van der Waals surface area contributed by atoms with Crippen LogP contribution in [0.25, 0.3) is 10.2 Å². The first-order chi connectivity index (χ1) is 10.0. The molecule has 0 bridgehead atoms. The fraction of sp³-hybridized carbons (Fsp3) is 0.0714. The first-order valence-electron chi connectivity index (χ1n) is 6.03. The molecule has 3 rings (SSSR count). The van der Waals surface area contributed by atoms with E-state index in [2.05, 4.69) is 15.3 Å². The Labute approximate surface area is 134 Å². The number of halogens is 2. The van der Waals surface area contributed by atoms with Crippen LogP contribution >= 0.6 is 34.5 Å². The highest BCUT2D eigenvalue weighted by Gasteiger charge is 2.10. The first-order valence-corrected chi connectivity index (χ1v) is 7.60. The summed E-state index contributed by atoms with van der Waals surface area (Å²) in [4.78, 5) is 20.4. The minimum Gasteiger partial charge on any atom is -0.322 e. The second-order valence-electron chi connectivity index (χ2n) is 4.37. The highest BCUT2D eigenvalue weighted by Crippen LogP contribution is 2.25. The van der Waals surface area contributed by atoms with Crippen LogP contribution < -0.4 is 5.32 Å². The van der Waals surface area contributed by atoms with Gasteiger partial charge in [0.1, 0.15) is 10.3 Å². The molecule has 0 saturated heterocycles. The topological polar surface area (TPSA) is 54.9 Å². The quantitative estimate of drug-likeness (QED) is 0.697. The van der Waals surface area contributed by atoms with Crippen molar-refractivity contribution >= 4 is 56.3 Å². The number of thiazole rings is 1. The fourth-order valence-electron chi connectivity index (χ4n) is 1.92. The smallest absolute Gasteiger partial charge is 0.255 e. The Hall–Kier alpha value is -1.69. The third-order valence-corrected chi connectivity index (χ3v) is 4.10. The van der Waals surface area contributed by atoms with Crippen LogP contribution in [0.3, 0.4) is 0 Å². The number of hydrogen-bond donors (Lipinski definition) is 1. The molecule has 0 aliphatic carbocycles. The molecule has 2 aromatic heterocycles. The van der Waals surface area contributed by atoms with Crippen molar-refractivity contribution in [3.63, 3.8) is 0 Å². The summed E-state index contributed by atoms with van der Waals surface area (Å²) < 4.78 is 1.02. The monoisotopic (exact) mass is 337 g/mol. The zero-order valence-electron chi connectivity index (χ0n) is 10.9. The molecule has 1 amide bonds. The molecule has 106 valence electrons. The van der Waals surface area contributed by atoms with Gasteiger partial charge in [-0.05, 0) is 37.3 Å². The third-order valence-electron chi connectivity index (χ3n) is 2.78. The van der Waals surface area contributed by atoms with Gasteiger partial charge in [0.15, 0.2) is 0 Å². The van der Waals surface area contributed by atoms with Crippen molar-refractivity contribution in [2.45, 2.75) is 6.92 Å². The number of benzene rings is 1. The van der Waals surface area contributed by atoms with Crippen molar-refractivity contribution in [2.75, 3.05) is 5.32 Å². The summed E-state index contributed by atoms with van der Waals surface area (Å²) in [6, 6.07) is 8.52. The van der Waals surface area contributed by atoms with Crippen LogP contribution in [0, 0.1) is 6.92 Å². The number of pyridine rings is 1. The lowest BCUT2D eigenvalue weighted by Gasteiger charge is -2.06. The fourth-order valence-corrected chi connectivity index (χ4v) is 3.24. The molecule has 0 atom stereocenters. The standard InChI is InChI=1S/C14H9Cl2N3OS/c1-7-17-10-3-2-9(6-11(10)21-7)18-14(20)8-4-12(15)19-13(16)5-8/h2-6H,1H3,(H,18,20). The molecule has 0 spiro atoms. The van der Waals surface area contributed by atoms with Crippen LogP contribution in [0.5, 0.6) is 0 Å². The lowest BCUT2D eigenvalue weighted by atomic mass is 10.2. The van der Waals surface area contributed by atoms with Gasteiger partial charge in [0, 0.05) is 11.3 Å². The van der Waals surface area contributed by atoms with E-state index >= 15 is 0 Å². The van der Waals surface area contributed by atoms with Crippen LogP contribution in [-0.4, -0.2) is 15.9 Å². The molecule has 0 unspecified atom stereocenters. The summed E-state index contributed by atoms with van der Waals surface area (Å²) >= 11 is 13.2. The molecule has 0 aliphatic heterocycles. The summed E-state index contributed by atoms with van der Waals surface area (Å²) in [6.45, 7) is 1.95. The SMILES string of the molecule is Cc1nc2ccc(NC(=O)c3cc(Cl)nc(Cl)c3)cc2s1. The Morgan fingerprint density at radius 3 is 2.57 bits per heavy atom. The van der Waals surface area contributed by atoms with Crippen molar-refractivity contribution < 1.29 is 4.79 Å². The number of rotatable bonds is 2. The maximum absolute atomic E-state index is 12.2. The highest BCUT2D eigenvalue weighted by atomic mass is 35.5. The molecule has 1 N–H and O–H groups in total. The van der Waals surface area contributed by atoms with E-state index in [0.29, 0.717) is 11.3 Å². The summed E-state index contributed by atoms with van der Waals surface area (Å²) in [5.41, 5.74) is 1.98. The normalized spacial score (nSPS) is 10.8. The minimum absolute atomic E-state index is 0.182. The van der Waals surface area contributed by atoms with E-state index < -0.39 is 0 Å². The Balaban J connectivity index is 1.88. The lowest BCUT2D eigenvalue weighted by Crippen LogP contribution is -2.12. The zero-order valence-corrected chi connectivity index (χ0v) is 13.2. The second kappa shape index (κ2) is 5.60. The molecule has 21 heavy (non-hydrogen) atoms. The molecule has 3 aromatic rings. The maximum Gasteiger partial charge on any atom is 0.255 e. The van der Waals surface area contributed by atoms with Crippen LogP contribution in [0.2, 0.25) is 10.3 Å². The summed E-state index contributed by atoms with van der Waals surface area (Å²) in [5, 5.41) is 4.16. The predicted octanol–water partition coefficient (Wildman–Crippen LogP) is 4.56. The zero-order chi connectivity index (χ0) is 15.0. The molecule has 0 saturated carbocycles. The van der Waals surface area contributed by atoms with Gasteiger partial charge in [-0.3, -0.25) is 4.79 Å². The van der Waals surface area contributed by atoms with Crippen LogP contribution in [0.1, 0.15) is 15.4 Å². The molecule has 2 heterocycles. The number of fused-ring (bicyclic) bond motifs is 1. The largest absolute Gasteiger partial charge is 0.322 e. The number of carbonyl (C=O) groups is 1. The van der Waals surface area contributed by atoms with Gasteiger partial charge in [0.2, 0.25) is 0 Å². The molecule has 0 radical (unpaired) electrons. The van der Waals surface area contributed by atoms with Crippen molar-refractivity contribution in [3.8, 4) is 0 Å². The van der Waals surface area contributed by atoms with Crippen LogP contribution in [-0.2, 0) is 0 Å². The number of anilines is 1. The van der Waals surface area contributed by atoms with E-state index in [0.717, 1.165) is 15.2 Å². The second-order valence-corrected chi connectivity index (χ2v) is 6.38. The van der Waals surface area contributed by atoms with Crippen molar-refractivity contribution in [1.29, 1.82) is 0 Å². The average molecular weight is 338 g/mol. The van der Waals surface area contributed by atoms with Crippen LogP contribution in [0.15, 0.2) is 30.3 Å². The Morgan fingerprint density at radius 2 is 1.86 bits per heavy atom. The lowest BCUT2D eigenvalue weighted by molar-refractivity contribution is 0.102. The molecule has 7 heteroatoms. The Kier molecular flexibility index (Phi) is 3.80. The van der Waals surface area contributed by atoms with E-state index in [9.17, 15) is 4.79 Å². The van der Waals surface area contributed by atoms with Gasteiger partial charge in [-0.2, -0.15) is 0 Å². The average Bonchev–Trinajstić information content (AvgIpc) is 2.77. The van der Waals surface area contributed by atoms with Crippen molar-refractivity contribution in [1.82, 2.24) is 9.97 Å². The van der Waals surface area contributed by atoms with Crippen molar-refractivity contribution in [2.24, 2.45) is 0 Å². The summed E-state index contributed by atoms with van der Waals surface area (Å²) in [6.07, 6.45) is 0.